The summed E-state index contributed by atoms with van der Waals surface area (Å²) in [5.41, 5.74) is 0. The minimum atomic E-state index is -2.44. The largest absolute Gasteiger partial charge is 0.394 e. The normalized spacial score (nSPS) is 46.6. The monoisotopic (exact) mass is 1560 g/mol. The molecule has 4 amide bonds. The van der Waals surface area contributed by atoms with Crippen LogP contribution in [-0.4, -0.2) is 418 Å². The lowest BCUT2D eigenvalue weighted by Gasteiger charge is -2.52. The summed E-state index contributed by atoms with van der Waals surface area (Å²) in [5.74, 6) is -7.99. The van der Waals surface area contributed by atoms with Crippen molar-refractivity contribution in [3.63, 3.8) is 0 Å². The summed E-state index contributed by atoms with van der Waals surface area (Å²) in [4.78, 5) is 65.0. The molecule has 8 rings (SSSR count). The highest BCUT2D eigenvalue weighted by molar-refractivity contribution is 5.89. The summed E-state index contributed by atoms with van der Waals surface area (Å²) in [7, 11) is 1.47. The molecule has 43 heteroatoms. The number of aliphatic hydroxyl groups is 20. The van der Waals surface area contributed by atoms with Crippen LogP contribution in [0.2, 0.25) is 0 Å². The van der Waals surface area contributed by atoms with Gasteiger partial charge in [-0.1, -0.05) is 20.8 Å². The number of amides is 4. The molecule has 43 nitrogen and oxygen atoms in total. The van der Waals surface area contributed by atoms with E-state index in [9.17, 15) is 126 Å². The van der Waals surface area contributed by atoms with E-state index in [1.807, 2.05) is 0 Å². The molecule has 618 valence electrons. The van der Waals surface area contributed by atoms with Gasteiger partial charge in [0.25, 0.3) is 0 Å². The number of likely N-dealkylation sites (N-methyl/N-ethyl adjacent to an activating group) is 1. The first-order valence-corrected chi connectivity index (χ1v) is 35.6. The van der Waals surface area contributed by atoms with Crippen molar-refractivity contribution in [2.24, 2.45) is 17.8 Å². The van der Waals surface area contributed by atoms with Crippen molar-refractivity contribution in [3.8, 4) is 0 Å². The van der Waals surface area contributed by atoms with Crippen LogP contribution < -0.4 is 26.6 Å². The third-order valence-corrected chi connectivity index (χ3v) is 21.1. The molecule has 0 bridgehead atoms. The first-order valence-electron chi connectivity index (χ1n) is 35.6. The second kappa shape index (κ2) is 39.3. The maximum Gasteiger partial charge on any atom is 0.224 e. The van der Waals surface area contributed by atoms with Crippen LogP contribution in [0.15, 0.2) is 0 Å². The van der Waals surface area contributed by atoms with Crippen LogP contribution in [0.5, 0.6) is 0 Å². The number of carbonyl (C=O) groups excluding carboxylic acids is 5. The fourth-order valence-corrected chi connectivity index (χ4v) is 15.1. The van der Waals surface area contributed by atoms with Crippen LogP contribution in [0.3, 0.4) is 0 Å². The van der Waals surface area contributed by atoms with E-state index in [0.717, 1.165) is 20.8 Å². The molecular formula is C64H109N5O38. The molecule has 107 heavy (non-hydrogen) atoms. The van der Waals surface area contributed by atoms with Gasteiger partial charge in [-0.15, -0.1) is 0 Å². The Bertz CT molecular complexity index is 2840. The van der Waals surface area contributed by atoms with Crippen molar-refractivity contribution in [3.05, 3.63) is 0 Å². The summed E-state index contributed by atoms with van der Waals surface area (Å²) in [6.45, 7) is 0.721. The molecule has 0 aliphatic carbocycles. The van der Waals surface area contributed by atoms with Gasteiger partial charge in [-0.25, -0.2) is 0 Å². The van der Waals surface area contributed by atoms with Crippen molar-refractivity contribution in [1.29, 1.82) is 0 Å². The molecule has 0 aromatic rings. The van der Waals surface area contributed by atoms with Gasteiger partial charge < -0.3 is 190 Å². The lowest BCUT2D eigenvalue weighted by molar-refractivity contribution is -0.382. The summed E-state index contributed by atoms with van der Waals surface area (Å²) in [6.07, 6.45) is -64.8. The molecule has 0 aromatic heterocycles. The van der Waals surface area contributed by atoms with E-state index < -0.39 is 327 Å². The maximum absolute atomic E-state index is 13.4. The SMILES string of the molecule is CCC(=O)[C@H](CC(=O)N[C@@H]1OC(CC)C(O[C@@H]2OC(CO)C(O[C@@H]3OC(CO[C@H]4OC(CO)C(O)[C@H](O)C4C4OC(CO)C(O)[C@H](O)C4C)C(O)[C@H](O[C@H]4O[C@@H](CO)[C@@H](O)C(O)C4C[C@@H]4O[C@@H](CO)[C@@H](O)C(O[C@@H]5OC(CO)C(O)[C@H](O)C5O)C4NC(C)=O)C3O)[C@H](O)C2NC(C)=O)[C@H](O)C1NC(C)=O)NC. The van der Waals surface area contributed by atoms with E-state index in [0.29, 0.717) is 0 Å². The molecule has 25 N–H and O–H groups in total. The van der Waals surface area contributed by atoms with Crippen molar-refractivity contribution < 1.29 is 188 Å². The van der Waals surface area contributed by atoms with Crippen LogP contribution in [0.4, 0.5) is 0 Å². The standard InChI is InChI=1S/C64H109N5O38/c1-8-25(79)24(65-7)11-35(80)69-59-38(67-21(5)77)49(90)55(26(9-2)98-59)104-62-39(68-22(6)78)50(91)56(33(17-75)102-62)105-64-53(94)58(47(88)34(103-64)18-95-61-36(48(89)44(85)30(14-72)100-61)54-19(3)40(81)42(83)28(12-70)97-54)107-60-23(41(82)43(84)29(13-71)99-60)10-27-37(66-20(4)76)57(46(87)32(16-74)96-27)106-63-52(93)51(92)45(86)31(15-73)101-63/h19,23-24,26-34,36-65,70-75,81-94H,8-18H2,1-7H3,(H,66,76)(H,67,77)(H,68,78)(H,69,80)/t19?,23?,24-,26?,27-,28?,29-,30?,31?,32-,33?,34?,36?,37?,38?,39?,40+,41?,42?,43+,44?,45?,46+,47?,48+,49+,50+,51-,52?,53?,54?,55?,56?,57?,58-,59+,60+,61-,62-,63-,64-/m0/s1. The molecule has 41 atom stereocenters. The molecule has 23 unspecified atom stereocenters. The summed E-state index contributed by atoms with van der Waals surface area (Å²) < 4.78 is 79.8. The lowest BCUT2D eigenvalue weighted by Crippen LogP contribution is -2.71. The molecular weight excluding hydrogens is 1450 g/mol. The van der Waals surface area contributed by atoms with Crippen LogP contribution in [0.1, 0.15) is 67.2 Å². The van der Waals surface area contributed by atoms with Gasteiger partial charge in [-0.2, -0.15) is 0 Å². The second-order valence-electron chi connectivity index (χ2n) is 28.2. The van der Waals surface area contributed by atoms with Gasteiger partial charge in [0.2, 0.25) is 23.6 Å². The average Bonchev–Trinajstić information content (AvgIpc) is 0.771. The maximum atomic E-state index is 13.4. The molecule has 0 saturated carbocycles. The van der Waals surface area contributed by atoms with Crippen molar-refractivity contribution in [1.82, 2.24) is 26.6 Å². The van der Waals surface area contributed by atoms with Gasteiger partial charge in [-0.3, -0.25) is 24.0 Å². The highest BCUT2D eigenvalue weighted by Gasteiger charge is 2.61. The number of ether oxygens (including phenoxy) is 13. The Balaban J connectivity index is 1.14. The summed E-state index contributed by atoms with van der Waals surface area (Å²) in [6, 6.07) is -5.90. The fourth-order valence-electron chi connectivity index (χ4n) is 15.1. The molecule has 8 aliphatic heterocycles. The molecule has 8 fully saturated rings. The molecule has 8 aliphatic rings. The molecule has 0 aromatic carbocycles. The van der Waals surface area contributed by atoms with E-state index in [1.165, 1.54) is 14.0 Å². The van der Waals surface area contributed by atoms with Crippen molar-refractivity contribution in [2.45, 2.75) is 300 Å². The van der Waals surface area contributed by atoms with Gasteiger partial charge in [-0.05, 0) is 19.9 Å². The van der Waals surface area contributed by atoms with Gasteiger partial charge >= 0.3 is 0 Å². The zero-order valence-corrected chi connectivity index (χ0v) is 59.7. The third kappa shape index (κ3) is 19.9. The topological polar surface area (TPSA) is 670 Å². The van der Waals surface area contributed by atoms with Gasteiger partial charge in [0.1, 0.15) is 152 Å². The van der Waals surface area contributed by atoms with Gasteiger partial charge in [0.15, 0.2) is 37.7 Å². The van der Waals surface area contributed by atoms with Gasteiger partial charge in [0, 0.05) is 45.4 Å². The van der Waals surface area contributed by atoms with Crippen LogP contribution in [-0.2, 0) is 85.6 Å². The molecule has 0 spiro atoms. The minimum absolute atomic E-state index is 0.000521. The van der Waals surface area contributed by atoms with E-state index in [1.54, 1.807) is 13.8 Å². The minimum Gasteiger partial charge on any atom is -0.394 e. The van der Waals surface area contributed by atoms with E-state index >= 15 is 0 Å². The smallest absolute Gasteiger partial charge is 0.224 e. The first-order chi connectivity index (χ1) is 50.7. The Kier molecular flexibility index (Phi) is 32.6. The van der Waals surface area contributed by atoms with E-state index in [2.05, 4.69) is 26.6 Å². The predicted molar refractivity (Wildman–Crippen MR) is 346 cm³/mol. The summed E-state index contributed by atoms with van der Waals surface area (Å²) in [5, 5.41) is 238. The molecule has 0 radical (unpaired) electrons. The Hall–Kier alpha value is -3.81. The van der Waals surface area contributed by atoms with Crippen LogP contribution in [0.25, 0.3) is 0 Å². The number of hydrogen-bond acceptors (Lipinski definition) is 39. The highest BCUT2D eigenvalue weighted by atomic mass is 16.8. The zero-order valence-electron chi connectivity index (χ0n) is 59.7. The number of rotatable bonds is 30. The zero-order chi connectivity index (χ0) is 79.1. The second-order valence-corrected chi connectivity index (χ2v) is 28.2. The van der Waals surface area contributed by atoms with Crippen LogP contribution >= 0.6 is 0 Å². The number of Topliss-reactive ketones (excluding diaryl/α,β-unsaturated/α-hetero) is 1. The lowest BCUT2D eigenvalue weighted by atomic mass is 9.77. The average molecular weight is 1560 g/mol. The Labute approximate surface area is 613 Å². The van der Waals surface area contributed by atoms with Crippen LogP contribution in [0, 0.1) is 17.8 Å². The number of hydrogen-bond donors (Lipinski definition) is 25. The molecule has 8 saturated heterocycles. The quantitative estimate of drug-likeness (QED) is 0.0318. The third-order valence-electron chi connectivity index (χ3n) is 21.1. The number of aliphatic hydroxyl groups excluding tert-OH is 20. The Morgan fingerprint density at radius 2 is 0.841 bits per heavy atom. The summed E-state index contributed by atoms with van der Waals surface area (Å²) >= 11 is 0. The van der Waals surface area contributed by atoms with Gasteiger partial charge in [0.05, 0.1) is 101 Å². The van der Waals surface area contributed by atoms with Crippen molar-refractivity contribution >= 4 is 29.4 Å². The Morgan fingerprint density at radius 1 is 0.393 bits per heavy atom. The number of carbonyl (C=O) groups is 5. The van der Waals surface area contributed by atoms with Crippen molar-refractivity contribution in [2.75, 3.05) is 53.3 Å². The molecule has 8 heterocycles. The number of ketones is 1. The highest BCUT2D eigenvalue weighted by Crippen LogP contribution is 2.43. The number of nitrogens with one attached hydrogen (secondary N) is 5. The predicted octanol–water partition coefficient (Wildman–Crippen LogP) is -14.3. The Morgan fingerprint density at radius 3 is 1.41 bits per heavy atom. The first kappa shape index (κ1) is 88.8. The van der Waals surface area contributed by atoms with E-state index in [4.69, 9.17) is 61.6 Å². The fraction of sp³-hybridized carbons (Fsp3) is 0.922. The van der Waals surface area contributed by atoms with E-state index in [-0.39, 0.29) is 25.0 Å².